The van der Waals surface area contributed by atoms with Crippen molar-refractivity contribution in [2.75, 3.05) is 6.54 Å². The largest absolute Gasteiger partial charge is 0.467 e. The lowest BCUT2D eigenvalue weighted by molar-refractivity contribution is 0.0900. The number of hydrogen-bond acceptors (Lipinski definition) is 5. The fourth-order valence-corrected chi connectivity index (χ4v) is 2.21. The first-order valence-corrected chi connectivity index (χ1v) is 7.12. The van der Waals surface area contributed by atoms with Crippen LogP contribution in [0, 0.1) is 6.92 Å². The smallest absolute Gasteiger partial charge is 0.254 e. The summed E-state index contributed by atoms with van der Waals surface area (Å²) in [5.41, 5.74) is 1.11. The zero-order chi connectivity index (χ0) is 16.2. The van der Waals surface area contributed by atoms with Crippen LogP contribution in [0.15, 0.2) is 53.4 Å². The second-order valence-corrected chi connectivity index (χ2v) is 4.98. The highest BCUT2D eigenvalue weighted by Crippen LogP contribution is 2.14. The maximum Gasteiger partial charge on any atom is 0.254 e. The van der Waals surface area contributed by atoms with Crippen LogP contribution in [0.5, 0.6) is 0 Å². The molecule has 0 aliphatic heterocycles. The minimum atomic E-state index is -0.889. The van der Waals surface area contributed by atoms with Gasteiger partial charge in [-0.2, -0.15) is 5.10 Å². The number of carbonyl (C=O) groups excluding carboxylic acids is 1. The van der Waals surface area contributed by atoms with Crippen LogP contribution in [0.25, 0.3) is 5.82 Å². The van der Waals surface area contributed by atoms with Crippen LogP contribution in [0.1, 0.15) is 27.9 Å². The third-order valence-corrected chi connectivity index (χ3v) is 3.45. The van der Waals surface area contributed by atoms with Gasteiger partial charge in [0, 0.05) is 6.20 Å². The van der Waals surface area contributed by atoms with Crippen molar-refractivity contribution in [1.82, 2.24) is 20.1 Å². The SMILES string of the molecule is Cc1c(C(=O)NCC(O)c2ccco2)cnn1-c1ccccn1. The lowest BCUT2D eigenvalue weighted by Crippen LogP contribution is -2.28. The molecule has 0 spiro atoms. The molecule has 0 saturated heterocycles. The van der Waals surface area contributed by atoms with Crippen molar-refractivity contribution in [3.05, 3.63) is 66.0 Å². The molecule has 7 heteroatoms. The molecule has 118 valence electrons. The molecule has 0 saturated carbocycles. The second-order valence-electron chi connectivity index (χ2n) is 4.98. The number of aromatic nitrogens is 3. The van der Waals surface area contributed by atoms with Gasteiger partial charge in [-0.25, -0.2) is 9.67 Å². The number of pyridine rings is 1. The Morgan fingerprint density at radius 2 is 2.26 bits per heavy atom. The highest BCUT2D eigenvalue weighted by molar-refractivity contribution is 5.95. The molecule has 2 N–H and O–H groups in total. The van der Waals surface area contributed by atoms with E-state index in [1.54, 1.807) is 29.9 Å². The average molecular weight is 312 g/mol. The fourth-order valence-electron chi connectivity index (χ4n) is 2.21. The first kappa shape index (κ1) is 15.0. The van der Waals surface area contributed by atoms with Gasteiger partial charge in [0.2, 0.25) is 0 Å². The Bertz CT molecular complexity index is 781. The average Bonchev–Trinajstić information content (AvgIpc) is 3.23. The van der Waals surface area contributed by atoms with E-state index in [2.05, 4.69) is 15.4 Å². The maximum atomic E-state index is 12.3. The minimum Gasteiger partial charge on any atom is -0.467 e. The van der Waals surface area contributed by atoms with Gasteiger partial charge in [-0.3, -0.25) is 4.79 Å². The first-order chi connectivity index (χ1) is 11.2. The number of nitrogens with one attached hydrogen (secondary N) is 1. The molecule has 7 nitrogen and oxygen atoms in total. The van der Waals surface area contributed by atoms with E-state index in [0.717, 1.165) is 0 Å². The number of rotatable bonds is 5. The molecule has 0 aromatic carbocycles. The van der Waals surface area contributed by atoms with Gasteiger partial charge in [-0.05, 0) is 31.2 Å². The first-order valence-electron chi connectivity index (χ1n) is 7.12. The Hall–Kier alpha value is -2.93. The summed E-state index contributed by atoms with van der Waals surface area (Å²) in [7, 11) is 0. The zero-order valence-electron chi connectivity index (χ0n) is 12.5. The van der Waals surface area contributed by atoms with Crippen molar-refractivity contribution in [2.45, 2.75) is 13.0 Å². The molecule has 3 aromatic heterocycles. The summed E-state index contributed by atoms with van der Waals surface area (Å²) in [6.45, 7) is 1.85. The molecule has 1 atom stereocenters. The number of carbonyl (C=O) groups is 1. The molecular weight excluding hydrogens is 296 g/mol. The van der Waals surface area contributed by atoms with E-state index in [-0.39, 0.29) is 12.5 Å². The second kappa shape index (κ2) is 6.45. The predicted molar refractivity (Wildman–Crippen MR) is 82.1 cm³/mol. The van der Waals surface area contributed by atoms with Gasteiger partial charge in [0.15, 0.2) is 5.82 Å². The normalized spacial score (nSPS) is 12.1. The zero-order valence-corrected chi connectivity index (χ0v) is 12.5. The topological polar surface area (TPSA) is 93.2 Å². The van der Waals surface area contributed by atoms with E-state index in [1.807, 2.05) is 18.2 Å². The number of amides is 1. The number of nitrogens with zero attached hydrogens (tertiary/aromatic N) is 3. The Morgan fingerprint density at radius 1 is 1.39 bits per heavy atom. The van der Waals surface area contributed by atoms with Crippen LogP contribution in [-0.2, 0) is 0 Å². The third-order valence-electron chi connectivity index (χ3n) is 3.45. The van der Waals surface area contributed by atoms with Crippen molar-refractivity contribution >= 4 is 5.91 Å². The molecule has 23 heavy (non-hydrogen) atoms. The van der Waals surface area contributed by atoms with Crippen molar-refractivity contribution < 1.29 is 14.3 Å². The van der Waals surface area contributed by atoms with Crippen LogP contribution in [0.2, 0.25) is 0 Å². The van der Waals surface area contributed by atoms with Crippen LogP contribution < -0.4 is 5.32 Å². The number of hydrogen-bond donors (Lipinski definition) is 2. The van der Waals surface area contributed by atoms with E-state index in [0.29, 0.717) is 22.8 Å². The van der Waals surface area contributed by atoms with E-state index in [9.17, 15) is 9.90 Å². The Kier molecular flexibility index (Phi) is 4.20. The Morgan fingerprint density at radius 3 is 2.96 bits per heavy atom. The molecule has 0 aliphatic rings. The lowest BCUT2D eigenvalue weighted by Gasteiger charge is -2.09. The minimum absolute atomic E-state index is 0.0561. The number of aliphatic hydroxyl groups is 1. The highest BCUT2D eigenvalue weighted by atomic mass is 16.4. The monoisotopic (exact) mass is 312 g/mol. The maximum absolute atomic E-state index is 12.3. The molecule has 0 bridgehead atoms. The number of furan rings is 1. The third kappa shape index (κ3) is 3.14. The van der Waals surface area contributed by atoms with Crippen LogP contribution in [-0.4, -0.2) is 32.3 Å². The number of aliphatic hydroxyl groups excluding tert-OH is 1. The Balaban J connectivity index is 1.70. The molecular formula is C16H16N4O3. The van der Waals surface area contributed by atoms with Crippen molar-refractivity contribution in [2.24, 2.45) is 0 Å². The molecule has 0 aliphatic carbocycles. The van der Waals surface area contributed by atoms with Gasteiger partial charge in [-0.1, -0.05) is 6.07 Å². The molecule has 3 heterocycles. The summed E-state index contributed by atoms with van der Waals surface area (Å²) < 4.78 is 6.69. The van der Waals surface area contributed by atoms with E-state index < -0.39 is 6.10 Å². The van der Waals surface area contributed by atoms with Crippen LogP contribution in [0.4, 0.5) is 0 Å². The van der Waals surface area contributed by atoms with Gasteiger partial charge >= 0.3 is 0 Å². The predicted octanol–water partition coefficient (Wildman–Crippen LogP) is 1.63. The van der Waals surface area contributed by atoms with Gasteiger partial charge < -0.3 is 14.8 Å². The molecule has 1 amide bonds. The molecule has 1 unspecified atom stereocenters. The lowest BCUT2D eigenvalue weighted by atomic mass is 10.2. The van der Waals surface area contributed by atoms with Crippen molar-refractivity contribution in [3.63, 3.8) is 0 Å². The molecule has 3 aromatic rings. The Labute approximate surface area is 132 Å². The summed E-state index contributed by atoms with van der Waals surface area (Å²) in [5, 5.41) is 16.8. The molecule has 0 fully saturated rings. The van der Waals surface area contributed by atoms with E-state index in [1.165, 1.54) is 12.5 Å². The summed E-state index contributed by atoms with van der Waals surface area (Å²) in [5.74, 6) is 0.737. The van der Waals surface area contributed by atoms with Crippen molar-refractivity contribution in [1.29, 1.82) is 0 Å². The molecule has 0 radical (unpaired) electrons. The van der Waals surface area contributed by atoms with Gasteiger partial charge in [-0.15, -0.1) is 0 Å². The van der Waals surface area contributed by atoms with Gasteiger partial charge in [0.05, 0.1) is 30.3 Å². The standard InChI is InChI=1S/C16H16N4O3/c1-11-12(9-19-20(11)15-6-2-3-7-17-15)16(22)18-10-13(21)14-5-4-8-23-14/h2-9,13,21H,10H2,1H3,(H,18,22). The van der Waals surface area contributed by atoms with Gasteiger partial charge in [0.1, 0.15) is 11.9 Å². The summed E-state index contributed by atoms with van der Waals surface area (Å²) in [4.78, 5) is 16.5. The summed E-state index contributed by atoms with van der Waals surface area (Å²) in [6, 6.07) is 8.81. The summed E-state index contributed by atoms with van der Waals surface area (Å²) >= 11 is 0. The van der Waals surface area contributed by atoms with E-state index >= 15 is 0 Å². The van der Waals surface area contributed by atoms with Crippen molar-refractivity contribution in [3.8, 4) is 5.82 Å². The van der Waals surface area contributed by atoms with Crippen LogP contribution >= 0.6 is 0 Å². The van der Waals surface area contributed by atoms with Gasteiger partial charge in [0.25, 0.3) is 5.91 Å². The summed E-state index contributed by atoms with van der Waals surface area (Å²) in [6.07, 6.45) is 3.73. The highest BCUT2D eigenvalue weighted by Gasteiger charge is 2.17. The van der Waals surface area contributed by atoms with E-state index in [4.69, 9.17) is 4.42 Å². The molecule has 3 rings (SSSR count). The fraction of sp³-hybridized carbons (Fsp3) is 0.188. The van der Waals surface area contributed by atoms with Crippen LogP contribution in [0.3, 0.4) is 0 Å². The quantitative estimate of drug-likeness (QED) is 0.747.